The molecule has 1 aromatic carbocycles. The number of hydrogen-bond donors (Lipinski definition) is 1. The van der Waals surface area contributed by atoms with E-state index in [1.165, 1.54) is 13.2 Å². The summed E-state index contributed by atoms with van der Waals surface area (Å²) in [6.07, 6.45) is 1.07. The van der Waals surface area contributed by atoms with E-state index in [2.05, 4.69) is 9.46 Å². The van der Waals surface area contributed by atoms with Crippen LogP contribution in [-0.2, 0) is 14.8 Å². The molecule has 0 aliphatic heterocycles. The van der Waals surface area contributed by atoms with Gasteiger partial charge < -0.3 is 4.74 Å². The number of rotatable bonds is 4. The van der Waals surface area contributed by atoms with Crippen LogP contribution in [0, 0.1) is 0 Å². The third kappa shape index (κ3) is 3.73. The Bertz CT molecular complexity index is 549. The third-order valence-electron chi connectivity index (χ3n) is 2.39. The second kappa shape index (κ2) is 5.39. The van der Waals surface area contributed by atoms with Crippen LogP contribution in [0.25, 0.3) is 0 Å². The predicted octanol–water partition coefficient (Wildman–Crippen LogP) is 1.97. The minimum atomic E-state index is -3.38. The van der Waals surface area contributed by atoms with E-state index >= 15 is 0 Å². The summed E-state index contributed by atoms with van der Waals surface area (Å²) in [6, 6.07) is 4.83. The number of benzene rings is 1. The molecule has 6 heteroatoms. The van der Waals surface area contributed by atoms with E-state index in [1.807, 2.05) is 13.8 Å². The Morgan fingerprint density at radius 2 is 1.94 bits per heavy atom. The smallest absolute Gasteiger partial charge is 0.337 e. The highest BCUT2D eigenvalue weighted by Crippen LogP contribution is 2.26. The number of carbonyl (C=O) groups excluding carboxylic acids is 1. The van der Waals surface area contributed by atoms with E-state index in [4.69, 9.17) is 0 Å². The number of sulfonamides is 1. The van der Waals surface area contributed by atoms with Crippen molar-refractivity contribution in [3.63, 3.8) is 0 Å². The van der Waals surface area contributed by atoms with Gasteiger partial charge in [-0.25, -0.2) is 13.2 Å². The molecule has 0 saturated heterocycles. The van der Waals surface area contributed by atoms with Gasteiger partial charge in [-0.2, -0.15) is 0 Å². The van der Waals surface area contributed by atoms with Gasteiger partial charge in [0.1, 0.15) is 0 Å². The predicted molar refractivity (Wildman–Crippen MR) is 70.3 cm³/mol. The van der Waals surface area contributed by atoms with Crippen molar-refractivity contribution in [2.45, 2.75) is 19.8 Å². The van der Waals surface area contributed by atoms with Crippen LogP contribution in [0.2, 0.25) is 0 Å². The van der Waals surface area contributed by atoms with E-state index < -0.39 is 16.0 Å². The van der Waals surface area contributed by atoms with Gasteiger partial charge in [-0.3, -0.25) is 4.72 Å². The number of methoxy groups -OCH3 is 1. The zero-order valence-electron chi connectivity index (χ0n) is 10.9. The summed E-state index contributed by atoms with van der Waals surface area (Å²) in [5, 5.41) is 0. The van der Waals surface area contributed by atoms with Crippen molar-refractivity contribution in [1.29, 1.82) is 0 Å². The lowest BCUT2D eigenvalue weighted by atomic mass is 9.99. The molecule has 1 rings (SSSR count). The maximum Gasteiger partial charge on any atom is 0.337 e. The molecule has 0 heterocycles. The fraction of sp³-hybridized carbons (Fsp3) is 0.417. The molecule has 0 radical (unpaired) electrons. The average molecular weight is 271 g/mol. The topological polar surface area (TPSA) is 72.5 Å². The SMILES string of the molecule is COC(=O)c1ccc(C(C)C)c(NS(C)(=O)=O)c1. The van der Waals surface area contributed by atoms with Crippen molar-refractivity contribution in [3.05, 3.63) is 29.3 Å². The molecule has 0 amide bonds. The van der Waals surface area contributed by atoms with Crippen molar-refractivity contribution in [2.75, 3.05) is 18.1 Å². The maximum atomic E-state index is 11.4. The summed E-state index contributed by atoms with van der Waals surface area (Å²) in [7, 11) is -2.10. The normalized spacial score (nSPS) is 11.4. The molecule has 0 aromatic heterocycles. The molecule has 0 unspecified atom stereocenters. The fourth-order valence-corrected chi connectivity index (χ4v) is 2.17. The molecule has 100 valence electrons. The van der Waals surface area contributed by atoms with E-state index in [1.54, 1.807) is 12.1 Å². The summed E-state index contributed by atoms with van der Waals surface area (Å²) in [5.74, 6) is -0.359. The lowest BCUT2D eigenvalue weighted by molar-refractivity contribution is 0.0600. The molecule has 1 N–H and O–H groups in total. The summed E-state index contributed by atoms with van der Waals surface area (Å²) in [5.41, 5.74) is 1.55. The van der Waals surface area contributed by atoms with Gasteiger partial charge >= 0.3 is 5.97 Å². The first kappa shape index (κ1) is 14.5. The van der Waals surface area contributed by atoms with Crippen LogP contribution < -0.4 is 4.72 Å². The van der Waals surface area contributed by atoms with Gasteiger partial charge in [-0.05, 0) is 23.6 Å². The van der Waals surface area contributed by atoms with E-state index in [0.29, 0.717) is 11.3 Å². The first-order chi connectivity index (χ1) is 8.24. The summed E-state index contributed by atoms with van der Waals surface area (Å²) in [4.78, 5) is 11.4. The first-order valence-electron chi connectivity index (χ1n) is 5.44. The van der Waals surface area contributed by atoms with Gasteiger partial charge in [-0.15, -0.1) is 0 Å². The molecule has 0 saturated carbocycles. The second-order valence-corrected chi connectivity index (χ2v) is 6.07. The Labute approximate surface area is 107 Å². The molecule has 5 nitrogen and oxygen atoms in total. The number of ether oxygens (including phenoxy) is 1. The van der Waals surface area contributed by atoms with Gasteiger partial charge in [-0.1, -0.05) is 19.9 Å². The van der Waals surface area contributed by atoms with Crippen LogP contribution in [0.15, 0.2) is 18.2 Å². The molecule has 0 aliphatic rings. The molecule has 1 aromatic rings. The van der Waals surface area contributed by atoms with E-state index in [9.17, 15) is 13.2 Å². The van der Waals surface area contributed by atoms with Crippen molar-refractivity contribution < 1.29 is 17.9 Å². The van der Waals surface area contributed by atoms with Crippen LogP contribution in [-0.4, -0.2) is 27.8 Å². The highest BCUT2D eigenvalue weighted by molar-refractivity contribution is 7.92. The standard InChI is InChI=1S/C12H17NO4S/c1-8(2)10-6-5-9(12(14)17-3)7-11(10)13-18(4,15)16/h5-8,13H,1-4H3. The fourth-order valence-electron chi connectivity index (χ4n) is 1.59. The largest absolute Gasteiger partial charge is 0.465 e. The minimum absolute atomic E-state index is 0.140. The summed E-state index contributed by atoms with van der Waals surface area (Å²) in [6.45, 7) is 3.89. The molecule has 0 atom stereocenters. The average Bonchev–Trinajstić information content (AvgIpc) is 2.25. The van der Waals surface area contributed by atoms with Crippen molar-refractivity contribution in [2.24, 2.45) is 0 Å². The van der Waals surface area contributed by atoms with Crippen molar-refractivity contribution in [3.8, 4) is 0 Å². The minimum Gasteiger partial charge on any atom is -0.465 e. The van der Waals surface area contributed by atoms with Gasteiger partial charge in [0, 0.05) is 0 Å². The Balaban J connectivity index is 3.28. The molecule has 0 bridgehead atoms. The van der Waals surface area contributed by atoms with Gasteiger partial charge in [0.05, 0.1) is 24.6 Å². The van der Waals surface area contributed by atoms with Crippen molar-refractivity contribution >= 4 is 21.7 Å². The van der Waals surface area contributed by atoms with Crippen molar-refractivity contribution in [1.82, 2.24) is 0 Å². The highest BCUT2D eigenvalue weighted by atomic mass is 32.2. The van der Waals surface area contributed by atoms with Gasteiger partial charge in [0.15, 0.2) is 0 Å². The number of nitrogens with one attached hydrogen (secondary N) is 1. The summed E-state index contributed by atoms with van der Waals surface area (Å²) >= 11 is 0. The van der Waals surface area contributed by atoms with Crippen LogP contribution in [0.1, 0.15) is 35.7 Å². The molecular weight excluding hydrogens is 254 g/mol. The van der Waals surface area contributed by atoms with Crippen LogP contribution >= 0.6 is 0 Å². The zero-order valence-corrected chi connectivity index (χ0v) is 11.7. The zero-order chi connectivity index (χ0) is 13.9. The Morgan fingerprint density at radius 3 is 2.39 bits per heavy atom. The lowest BCUT2D eigenvalue weighted by Gasteiger charge is -2.14. The Morgan fingerprint density at radius 1 is 1.33 bits per heavy atom. The van der Waals surface area contributed by atoms with E-state index in [0.717, 1.165) is 11.8 Å². The maximum absolute atomic E-state index is 11.4. The van der Waals surface area contributed by atoms with Crippen LogP contribution in [0.3, 0.4) is 0 Å². The lowest BCUT2D eigenvalue weighted by Crippen LogP contribution is -2.13. The Hall–Kier alpha value is -1.56. The van der Waals surface area contributed by atoms with Crippen LogP contribution in [0.5, 0.6) is 0 Å². The molecule has 0 aliphatic carbocycles. The van der Waals surface area contributed by atoms with Crippen LogP contribution in [0.4, 0.5) is 5.69 Å². The number of anilines is 1. The number of esters is 1. The summed E-state index contributed by atoms with van der Waals surface area (Å²) < 4.78 is 29.6. The Kier molecular flexibility index (Phi) is 4.34. The van der Waals surface area contributed by atoms with E-state index in [-0.39, 0.29) is 5.92 Å². The quantitative estimate of drug-likeness (QED) is 0.850. The first-order valence-corrected chi connectivity index (χ1v) is 7.34. The monoisotopic (exact) mass is 271 g/mol. The third-order valence-corrected chi connectivity index (χ3v) is 2.98. The number of hydrogen-bond acceptors (Lipinski definition) is 4. The number of carbonyl (C=O) groups is 1. The molecule has 18 heavy (non-hydrogen) atoms. The molecule has 0 fully saturated rings. The molecular formula is C12H17NO4S. The van der Waals surface area contributed by atoms with Gasteiger partial charge in [0.2, 0.25) is 10.0 Å². The van der Waals surface area contributed by atoms with Gasteiger partial charge in [0.25, 0.3) is 0 Å². The second-order valence-electron chi connectivity index (χ2n) is 4.32. The highest BCUT2D eigenvalue weighted by Gasteiger charge is 2.14. The molecule has 0 spiro atoms.